The molecule has 0 saturated carbocycles. The molecule has 2 rings (SSSR count). The second kappa shape index (κ2) is 5.43. The molecule has 0 radical (unpaired) electrons. The first kappa shape index (κ1) is 12.3. The second-order valence-corrected chi connectivity index (χ2v) is 4.91. The van der Waals surface area contributed by atoms with Gasteiger partial charge in [-0.3, -0.25) is 0 Å². The molecular formula is C13H13ClO2S. The van der Waals surface area contributed by atoms with Gasteiger partial charge in [-0.1, -0.05) is 12.1 Å². The lowest BCUT2D eigenvalue weighted by molar-refractivity contribution is 0.354. The van der Waals surface area contributed by atoms with E-state index >= 15 is 0 Å². The van der Waals surface area contributed by atoms with E-state index in [1.54, 1.807) is 25.6 Å². The maximum atomic E-state index is 6.41. The number of methoxy groups -OCH3 is 2. The Hall–Kier alpha value is -1.19. The summed E-state index contributed by atoms with van der Waals surface area (Å²) < 4.78 is 10.5. The highest BCUT2D eigenvalue weighted by atomic mass is 35.5. The number of halogens is 1. The number of rotatable bonds is 4. The minimum absolute atomic E-state index is 0.144. The number of thiophene rings is 1. The third-order valence-corrected chi connectivity index (χ3v) is 4.05. The zero-order valence-electron chi connectivity index (χ0n) is 9.64. The van der Waals surface area contributed by atoms with E-state index in [2.05, 4.69) is 0 Å². The molecule has 0 bridgehead atoms. The highest BCUT2D eigenvalue weighted by Crippen LogP contribution is 2.36. The SMILES string of the molecule is COc1ccc(C(Cl)c2cccs2)cc1OC. The van der Waals surface area contributed by atoms with Crippen LogP contribution in [0.15, 0.2) is 35.7 Å². The van der Waals surface area contributed by atoms with Crippen LogP contribution in [0.5, 0.6) is 11.5 Å². The van der Waals surface area contributed by atoms with Crippen LogP contribution in [0.25, 0.3) is 0 Å². The number of hydrogen-bond acceptors (Lipinski definition) is 3. The third-order valence-electron chi connectivity index (χ3n) is 2.49. The summed E-state index contributed by atoms with van der Waals surface area (Å²) in [4.78, 5) is 1.12. The number of benzene rings is 1. The van der Waals surface area contributed by atoms with Gasteiger partial charge in [-0.05, 0) is 29.1 Å². The van der Waals surface area contributed by atoms with E-state index in [1.165, 1.54) is 0 Å². The van der Waals surface area contributed by atoms with E-state index in [-0.39, 0.29) is 5.38 Å². The van der Waals surface area contributed by atoms with E-state index in [0.717, 1.165) is 10.4 Å². The first-order valence-electron chi connectivity index (χ1n) is 5.15. The van der Waals surface area contributed by atoms with Crippen molar-refractivity contribution in [1.29, 1.82) is 0 Å². The average Bonchev–Trinajstić information content (AvgIpc) is 2.90. The predicted molar refractivity (Wildman–Crippen MR) is 71.6 cm³/mol. The molecule has 0 aliphatic rings. The Morgan fingerprint density at radius 2 is 1.88 bits per heavy atom. The number of alkyl halides is 1. The van der Waals surface area contributed by atoms with Crippen LogP contribution in [0.1, 0.15) is 15.8 Å². The Kier molecular flexibility index (Phi) is 3.92. The minimum atomic E-state index is -0.144. The van der Waals surface area contributed by atoms with Crippen LogP contribution in [0.3, 0.4) is 0 Å². The summed E-state index contributed by atoms with van der Waals surface area (Å²) in [6.07, 6.45) is 0. The van der Waals surface area contributed by atoms with Gasteiger partial charge < -0.3 is 9.47 Å². The second-order valence-electron chi connectivity index (χ2n) is 3.49. The van der Waals surface area contributed by atoms with Crippen LogP contribution in [0.4, 0.5) is 0 Å². The summed E-state index contributed by atoms with van der Waals surface area (Å²) in [5.41, 5.74) is 1.01. The van der Waals surface area contributed by atoms with Crippen molar-refractivity contribution in [2.24, 2.45) is 0 Å². The van der Waals surface area contributed by atoms with Crippen LogP contribution in [-0.4, -0.2) is 14.2 Å². The molecule has 0 aliphatic carbocycles. The molecule has 2 nitrogen and oxygen atoms in total. The van der Waals surface area contributed by atoms with Crippen molar-refractivity contribution in [3.05, 3.63) is 46.2 Å². The van der Waals surface area contributed by atoms with Crippen molar-refractivity contribution in [1.82, 2.24) is 0 Å². The van der Waals surface area contributed by atoms with Crippen molar-refractivity contribution in [3.63, 3.8) is 0 Å². The Bertz CT molecular complexity index is 482. The van der Waals surface area contributed by atoms with Crippen molar-refractivity contribution in [2.75, 3.05) is 14.2 Å². The van der Waals surface area contributed by atoms with Gasteiger partial charge in [0.2, 0.25) is 0 Å². The molecule has 17 heavy (non-hydrogen) atoms. The van der Waals surface area contributed by atoms with E-state index in [9.17, 15) is 0 Å². The van der Waals surface area contributed by atoms with Crippen molar-refractivity contribution >= 4 is 22.9 Å². The highest BCUT2D eigenvalue weighted by molar-refractivity contribution is 7.10. The van der Waals surface area contributed by atoms with Crippen LogP contribution in [0.2, 0.25) is 0 Å². The van der Waals surface area contributed by atoms with E-state index in [4.69, 9.17) is 21.1 Å². The van der Waals surface area contributed by atoms with Crippen LogP contribution >= 0.6 is 22.9 Å². The standard InChI is InChI=1S/C13H13ClO2S/c1-15-10-6-5-9(8-11(10)16-2)13(14)12-4-3-7-17-12/h3-8,13H,1-2H3. The quantitative estimate of drug-likeness (QED) is 0.778. The molecule has 1 aromatic heterocycles. The van der Waals surface area contributed by atoms with Gasteiger partial charge in [-0.15, -0.1) is 22.9 Å². The topological polar surface area (TPSA) is 18.5 Å². The van der Waals surface area contributed by atoms with Crippen LogP contribution in [0, 0.1) is 0 Å². The summed E-state index contributed by atoms with van der Waals surface area (Å²) in [6, 6.07) is 9.77. The molecule has 0 saturated heterocycles. The Balaban J connectivity index is 2.33. The first-order chi connectivity index (χ1) is 8.26. The van der Waals surface area contributed by atoms with Gasteiger partial charge in [0.15, 0.2) is 11.5 Å². The smallest absolute Gasteiger partial charge is 0.161 e. The normalized spacial score (nSPS) is 12.2. The molecule has 2 aromatic rings. The zero-order chi connectivity index (χ0) is 12.3. The largest absolute Gasteiger partial charge is 0.493 e. The third kappa shape index (κ3) is 2.56. The molecule has 0 N–H and O–H groups in total. The Labute approximate surface area is 110 Å². The molecule has 0 amide bonds. The monoisotopic (exact) mass is 268 g/mol. The maximum absolute atomic E-state index is 6.41. The zero-order valence-corrected chi connectivity index (χ0v) is 11.2. The number of hydrogen-bond donors (Lipinski definition) is 0. The summed E-state index contributed by atoms with van der Waals surface area (Å²) >= 11 is 8.06. The highest BCUT2D eigenvalue weighted by Gasteiger charge is 2.14. The maximum Gasteiger partial charge on any atom is 0.161 e. The van der Waals surface area contributed by atoms with Crippen molar-refractivity contribution in [2.45, 2.75) is 5.38 Å². The summed E-state index contributed by atoms with van der Waals surface area (Å²) in [7, 11) is 3.24. The van der Waals surface area contributed by atoms with E-state index in [1.807, 2.05) is 35.7 Å². The molecule has 90 valence electrons. The molecule has 1 heterocycles. The van der Waals surface area contributed by atoms with Gasteiger partial charge in [-0.25, -0.2) is 0 Å². The number of ether oxygens (including phenoxy) is 2. The molecule has 0 spiro atoms. The van der Waals surface area contributed by atoms with E-state index < -0.39 is 0 Å². The molecule has 0 fully saturated rings. The first-order valence-corrected chi connectivity index (χ1v) is 6.47. The fourth-order valence-electron chi connectivity index (χ4n) is 1.61. The molecular weight excluding hydrogens is 256 g/mol. The van der Waals surface area contributed by atoms with Gasteiger partial charge in [-0.2, -0.15) is 0 Å². The van der Waals surface area contributed by atoms with Gasteiger partial charge in [0.05, 0.1) is 19.6 Å². The van der Waals surface area contributed by atoms with Gasteiger partial charge in [0.1, 0.15) is 0 Å². The lowest BCUT2D eigenvalue weighted by Crippen LogP contribution is -1.95. The fraction of sp³-hybridized carbons (Fsp3) is 0.231. The fourth-order valence-corrected chi connectivity index (χ4v) is 2.70. The van der Waals surface area contributed by atoms with Gasteiger partial charge >= 0.3 is 0 Å². The van der Waals surface area contributed by atoms with Crippen molar-refractivity contribution in [3.8, 4) is 11.5 Å². The molecule has 0 aliphatic heterocycles. The summed E-state index contributed by atoms with van der Waals surface area (Å²) in [6.45, 7) is 0. The Morgan fingerprint density at radius 3 is 2.47 bits per heavy atom. The molecule has 4 heteroatoms. The lowest BCUT2D eigenvalue weighted by atomic mass is 10.1. The summed E-state index contributed by atoms with van der Waals surface area (Å²) in [5.74, 6) is 1.42. The van der Waals surface area contributed by atoms with E-state index in [0.29, 0.717) is 11.5 Å². The lowest BCUT2D eigenvalue weighted by Gasteiger charge is -2.12. The van der Waals surface area contributed by atoms with Crippen LogP contribution in [-0.2, 0) is 0 Å². The van der Waals surface area contributed by atoms with Crippen LogP contribution < -0.4 is 9.47 Å². The minimum Gasteiger partial charge on any atom is -0.493 e. The average molecular weight is 269 g/mol. The predicted octanol–water partition coefficient (Wildman–Crippen LogP) is 4.09. The molecule has 1 unspecified atom stereocenters. The van der Waals surface area contributed by atoms with Crippen molar-refractivity contribution < 1.29 is 9.47 Å². The molecule has 1 atom stereocenters. The molecule has 1 aromatic carbocycles. The Morgan fingerprint density at radius 1 is 1.12 bits per heavy atom. The summed E-state index contributed by atoms with van der Waals surface area (Å²) in [5, 5.41) is 1.88. The van der Waals surface area contributed by atoms with Gasteiger partial charge in [0, 0.05) is 4.88 Å². The van der Waals surface area contributed by atoms with Gasteiger partial charge in [0.25, 0.3) is 0 Å².